The Kier molecular flexibility index (Phi) is 3.99. The smallest absolute Gasteiger partial charge is 0.143 e. The van der Waals surface area contributed by atoms with Gasteiger partial charge in [0.25, 0.3) is 0 Å². The van der Waals surface area contributed by atoms with Crippen molar-refractivity contribution in [1.82, 2.24) is 19.1 Å². The van der Waals surface area contributed by atoms with Gasteiger partial charge in [-0.05, 0) is 37.3 Å². The number of rotatable bonds is 4. The first-order valence-corrected chi connectivity index (χ1v) is 8.18. The summed E-state index contributed by atoms with van der Waals surface area (Å²) in [6, 6.07) is 7.72. The van der Waals surface area contributed by atoms with Crippen LogP contribution in [0.5, 0.6) is 0 Å². The summed E-state index contributed by atoms with van der Waals surface area (Å²) in [6.07, 6.45) is 3.21. The molecule has 0 saturated carbocycles. The molecule has 0 atom stereocenters. The van der Waals surface area contributed by atoms with Crippen LogP contribution in [-0.4, -0.2) is 19.1 Å². The Morgan fingerprint density at radius 2 is 1.77 bits per heavy atom. The maximum absolute atomic E-state index is 14.1. The maximum Gasteiger partial charge on any atom is 0.143 e. The molecule has 0 amide bonds. The van der Waals surface area contributed by atoms with Gasteiger partial charge in [-0.3, -0.25) is 0 Å². The number of fused-ring (bicyclic) bond motifs is 1. The second-order valence-electron chi connectivity index (χ2n) is 5.91. The van der Waals surface area contributed by atoms with Crippen molar-refractivity contribution in [3.05, 3.63) is 72.1 Å². The van der Waals surface area contributed by atoms with Crippen molar-refractivity contribution in [3.63, 3.8) is 0 Å². The van der Waals surface area contributed by atoms with Gasteiger partial charge in [-0.2, -0.15) is 0 Å². The predicted molar refractivity (Wildman–Crippen MR) is 92.0 cm³/mol. The molecule has 0 spiro atoms. The number of hydrogen-bond acceptors (Lipinski definition) is 2. The summed E-state index contributed by atoms with van der Waals surface area (Å²) < 4.78 is 44.8. The molecule has 4 aromatic rings. The lowest BCUT2D eigenvalue weighted by atomic mass is 10.2. The highest BCUT2D eigenvalue weighted by atomic mass is 19.1. The number of imidazole rings is 2. The van der Waals surface area contributed by atoms with Gasteiger partial charge in [0, 0.05) is 25.0 Å². The lowest BCUT2D eigenvalue weighted by Gasteiger charge is -2.10. The average molecular weight is 356 g/mol. The van der Waals surface area contributed by atoms with Gasteiger partial charge in [-0.25, -0.2) is 23.1 Å². The van der Waals surface area contributed by atoms with Gasteiger partial charge >= 0.3 is 0 Å². The van der Waals surface area contributed by atoms with Crippen LogP contribution >= 0.6 is 0 Å². The SMILES string of the molecule is CCn1c(Cn2ccnc2-c2cc(F)ccc2F)nc2cc(F)ccc21. The topological polar surface area (TPSA) is 35.6 Å². The van der Waals surface area contributed by atoms with Crippen molar-refractivity contribution in [1.29, 1.82) is 0 Å². The van der Waals surface area contributed by atoms with E-state index in [-0.39, 0.29) is 11.4 Å². The molecule has 2 aromatic heterocycles. The van der Waals surface area contributed by atoms with Gasteiger partial charge in [-0.1, -0.05) is 0 Å². The van der Waals surface area contributed by atoms with Gasteiger partial charge in [0.2, 0.25) is 0 Å². The van der Waals surface area contributed by atoms with Gasteiger partial charge in [0.15, 0.2) is 0 Å². The second-order valence-corrected chi connectivity index (χ2v) is 5.91. The van der Waals surface area contributed by atoms with Crippen LogP contribution < -0.4 is 0 Å². The third-order valence-electron chi connectivity index (χ3n) is 4.30. The number of benzene rings is 2. The summed E-state index contributed by atoms with van der Waals surface area (Å²) in [5, 5.41) is 0. The van der Waals surface area contributed by atoms with Crippen LogP contribution in [0.4, 0.5) is 13.2 Å². The summed E-state index contributed by atoms with van der Waals surface area (Å²) in [5.41, 5.74) is 1.46. The highest BCUT2D eigenvalue weighted by Gasteiger charge is 2.16. The van der Waals surface area contributed by atoms with Crippen LogP contribution in [0.25, 0.3) is 22.4 Å². The minimum atomic E-state index is -0.551. The standard InChI is InChI=1S/C19H15F3N4/c1-2-26-17-6-4-13(21)10-16(17)24-18(26)11-25-8-7-23-19(25)14-9-12(20)3-5-15(14)22/h3-10H,2,11H2,1H3. The van der Waals surface area contributed by atoms with E-state index in [1.807, 2.05) is 11.5 Å². The molecule has 0 aliphatic heterocycles. The molecule has 2 heterocycles. The molecule has 0 fully saturated rings. The number of halogens is 3. The zero-order valence-corrected chi connectivity index (χ0v) is 14.0. The molecular weight excluding hydrogens is 341 g/mol. The lowest BCUT2D eigenvalue weighted by molar-refractivity contribution is 0.599. The highest BCUT2D eigenvalue weighted by Crippen LogP contribution is 2.24. The van der Waals surface area contributed by atoms with Crippen LogP contribution in [0.15, 0.2) is 48.8 Å². The predicted octanol–water partition coefficient (Wildman–Crippen LogP) is 4.39. The minimum Gasteiger partial charge on any atom is -0.327 e. The second kappa shape index (κ2) is 6.33. The minimum absolute atomic E-state index is 0.0835. The van der Waals surface area contributed by atoms with Gasteiger partial charge < -0.3 is 9.13 Å². The lowest BCUT2D eigenvalue weighted by Crippen LogP contribution is -2.09. The van der Waals surface area contributed by atoms with E-state index in [0.29, 0.717) is 30.3 Å². The average Bonchev–Trinajstić information content (AvgIpc) is 3.20. The zero-order chi connectivity index (χ0) is 18.3. The summed E-state index contributed by atoms with van der Waals surface area (Å²) in [6.45, 7) is 2.92. The molecule has 4 nitrogen and oxygen atoms in total. The molecule has 7 heteroatoms. The van der Waals surface area contributed by atoms with E-state index in [1.54, 1.807) is 16.8 Å². The van der Waals surface area contributed by atoms with Crippen molar-refractivity contribution in [3.8, 4) is 11.4 Å². The Balaban J connectivity index is 1.79. The fourth-order valence-electron chi connectivity index (χ4n) is 3.13. The number of hydrogen-bond donors (Lipinski definition) is 0. The van der Waals surface area contributed by atoms with Crippen LogP contribution in [0, 0.1) is 17.5 Å². The zero-order valence-electron chi connectivity index (χ0n) is 14.0. The summed E-state index contributed by atoms with van der Waals surface area (Å²) in [4.78, 5) is 8.67. The molecule has 26 heavy (non-hydrogen) atoms. The first-order chi connectivity index (χ1) is 12.6. The third-order valence-corrected chi connectivity index (χ3v) is 4.30. The Labute approximate surface area is 147 Å². The van der Waals surface area contributed by atoms with Crippen molar-refractivity contribution >= 4 is 11.0 Å². The maximum atomic E-state index is 14.1. The Morgan fingerprint density at radius 3 is 2.58 bits per heavy atom. The van der Waals surface area contributed by atoms with E-state index in [1.165, 1.54) is 18.3 Å². The summed E-state index contributed by atoms with van der Waals surface area (Å²) in [7, 11) is 0. The van der Waals surface area contributed by atoms with Crippen molar-refractivity contribution in [2.75, 3.05) is 0 Å². The first kappa shape index (κ1) is 16.4. The normalized spacial score (nSPS) is 11.4. The number of aromatic nitrogens is 4. The number of aryl methyl sites for hydroxylation is 1. The monoisotopic (exact) mass is 356 g/mol. The quantitative estimate of drug-likeness (QED) is 0.544. The van der Waals surface area contributed by atoms with Crippen molar-refractivity contribution < 1.29 is 13.2 Å². The molecule has 0 aliphatic carbocycles. The molecule has 0 unspecified atom stereocenters. The Morgan fingerprint density at radius 1 is 1.00 bits per heavy atom. The van der Waals surface area contributed by atoms with Crippen molar-refractivity contribution in [2.45, 2.75) is 20.0 Å². The molecule has 0 aliphatic rings. The first-order valence-electron chi connectivity index (χ1n) is 8.18. The largest absolute Gasteiger partial charge is 0.327 e. The Hall–Kier alpha value is -3.09. The van der Waals surface area contributed by atoms with E-state index in [2.05, 4.69) is 9.97 Å². The van der Waals surface area contributed by atoms with E-state index < -0.39 is 11.6 Å². The van der Waals surface area contributed by atoms with Crippen molar-refractivity contribution in [2.24, 2.45) is 0 Å². The van der Waals surface area contributed by atoms with E-state index in [4.69, 9.17) is 0 Å². The molecule has 2 aromatic carbocycles. The molecular formula is C19H15F3N4. The van der Waals surface area contributed by atoms with Crippen LogP contribution in [-0.2, 0) is 13.1 Å². The van der Waals surface area contributed by atoms with Crippen LogP contribution in [0.3, 0.4) is 0 Å². The van der Waals surface area contributed by atoms with Gasteiger partial charge in [-0.15, -0.1) is 0 Å². The molecule has 132 valence electrons. The number of nitrogens with zero attached hydrogens (tertiary/aromatic N) is 4. The molecule has 4 rings (SSSR count). The molecule has 0 radical (unpaired) electrons. The Bertz CT molecular complexity index is 1100. The molecule has 0 saturated heterocycles. The van der Waals surface area contributed by atoms with Gasteiger partial charge in [0.05, 0.1) is 23.1 Å². The van der Waals surface area contributed by atoms with Crippen LogP contribution in [0.1, 0.15) is 12.7 Å². The van der Waals surface area contributed by atoms with Gasteiger partial charge in [0.1, 0.15) is 29.1 Å². The van der Waals surface area contributed by atoms with E-state index >= 15 is 0 Å². The molecule has 0 N–H and O–H groups in total. The van der Waals surface area contributed by atoms with E-state index in [0.717, 1.165) is 23.7 Å². The fraction of sp³-hybridized carbons (Fsp3) is 0.158. The van der Waals surface area contributed by atoms with E-state index in [9.17, 15) is 13.2 Å². The highest BCUT2D eigenvalue weighted by molar-refractivity contribution is 5.76. The summed E-state index contributed by atoms with van der Waals surface area (Å²) in [5.74, 6) is -0.445. The summed E-state index contributed by atoms with van der Waals surface area (Å²) >= 11 is 0. The third kappa shape index (κ3) is 2.75. The molecule has 0 bridgehead atoms. The fourth-order valence-corrected chi connectivity index (χ4v) is 3.13. The van der Waals surface area contributed by atoms with Crippen LogP contribution in [0.2, 0.25) is 0 Å².